The Labute approximate surface area is 134 Å². The largest absolute Gasteiger partial charge is 0.345 e. The molecule has 1 saturated carbocycles. The van der Waals surface area contributed by atoms with Crippen LogP contribution in [-0.4, -0.2) is 52.0 Å². The SMILES string of the molecule is CSCC[C@H](NC(C)=O)C(=O)N(C)Cc1nc(C2CC2)no1. The van der Waals surface area contributed by atoms with E-state index in [9.17, 15) is 9.59 Å². The normalized spacial score (nSPS) is 15.4. The zero-order valence-corrected chi connectivity index (χ0v) is 14.0. The van der Waals surface area contributed by atoms with E-state index in [0.717, 1.165) is 24.4 Å². The lowest BCUT2D eigenvalue weighted by Gasteiger charge is -2.23. The maximum absolute atomic E-state index is 12.5. The number of hydrogen-bond acceptors (Lipinski definition) is 6. The number of carbonyl (C=O) groups excluding carboxylic acids is 2. The number of nitrogens with one attached hydrogen (secondary N) is 1. The van der Waals surface area contributed by atoms with Crippen molar-refractivity contribution in [2.45, 2.75) is 44.7 Å². The van der Waals surface area contributed by atoms with Crippen LogP contribution in [0, 0.1) is 0 Å². The number of amides is 2. The number of likely N-dealkylation sites (N-methyl/N-ethyl adjacent to an activating group) is 1. The van der Waals surface area contributed by atoms with Crippen LogP contribution in [0.3, 0.4) is 0 Å². The summed E-state index contributed by atoms with van der Waals surface area (Å²) < 4.78 is 5.18. The number of nitrogens with zero attached hydrogens (tertiary/aromatic N) is 3. The van der Waals surface area contributed by atoms with Crippen LogP contribution in [0.1, 0.15) is 43.8 Å². The molecule has 0 spiro atoms. The third-order valence-electron chi connectivity index (χ3n) is 3.46. The summed E-state index contributed by atoms with van der Waals surface area (Å²) >= 11 is 1.64. The quantitative estimate of drug-likeness (QED) is 0.771. The Morgan fingerprint density at radius 3 is 2.82 bits per heavy atom. The molecule has 2 rings (SSSR count). The fourth-order valence-electron chi connectivity index (χ4n) is 2.12. The highest BCUT2D eigenvalue weighted by atomic mass is 32.2. The van der Waals surface area contributed by atoms with Crippen molar-refractivity contribution in [3.63, 3.8) is 0 Å². The average molecular weight is 326 g/mol. The molecule has 8 heteroatoms. The lowest BCUT2D eigenvalue weighted by molar-refractivity contribution is -0.135. The first-order valence-electron chi connectivity index (χ1n) is 7.34. The Hall–Kier alpha value is -1.57. The van der Waals surface area contributed by atoms with Gasteiger partial charge in [0.05, 0.1) is 6.54 Å². The molecule has 0 aromatic carbocycles. The van der Waals surface area contributed by atoms with Gasteiger partial charge in [0.15, 0.2) is 5.82 Å². The van der Waals surface area contributed by atoms with Crippen LogP contribution in [0.15, 0.2) is 4.52 Å². The molecule has 1 fully saturated rings. The zero-order chi connectivity index (χ0) is 16.1. The van der Waals surface area contributed by atoms with E-state index in [2.05, 4.69) is 15.5 Å². The van der Waals surface area contributed by atoms with Crippen molar-refractivity contribution in [3.05, 3.63) is 11.7 Å². The van der Waals surface area contributed by atoms with Gasteiger partial charge in [-0.3, -0.25) is 9.59 Å². The second-order valence-corrected chi connectivity index (χ2v) is 6.54. The number of carbonyl (C=O) groups is 2. The molecular weight excluding hydrogens is 304 g/mol. The molecule has 1 aromatic heterocycles. The molecular formula is C14H22N4O3S. The van der Waals surface area contributed by atoms with Crippen molar-refractivity contribution in [1.29, 1.82) is 0 Å². The van der Waals surface area contributed by atoms with Crippen LogP contribution >= 0.6 is 11.8 Å². The Kier molecular flexibility index (Phi) is 5.82. The summed E-state index contributed by atoms with van der Waals surface area (Å²) in [5.41, 5.74) is 0. The maximum atomic E-state index is 12.5. The van der Waals surface area contributed by atoms with Gasteiger partial charge in [0.25, 0.3) is 0 Å². The fraction of sp³-hybridized carbons (Fsp3) is 0.714. The third kappa shape index (κ3) is 4.72. The lowest BCUT2D eigenvalue weighted by atomic mass is 10.2. The van der Waals surface area contributed by atoms with Gasteiger partial charge in [0, 0.05) is 19.9 Å². The van der Waals surface area contributed by atoms with Crippen LogP contribution in [0.4, 0.5) is 0 Å². The first-order valence-corrected chi connectivity index (χ1v) is 8.74. The minimum Gasteiger partial charge on any atom is -0.345 e. The highest BCUT2D eigenvalue weighted by Gasteiger charge is 2.29. The summed E-state index contributed by atoms with van der Waals surface area (Å²) in [5, 5.41) is 6.64. The van der Waals surface area contributed by atoms with Crippen molar-refractivity contribution in [1.82, 2.24) is 20.4 Å². The second-order valence-electron chi connectivity index (χ2n) is 5.55. The summed E-state index contributed by atoms with van der Waals surface area (Å²) in [4.78, 5) is 29.5. The third-order valence-corrected chi connectivity index (χ3v) is 4.11. The van der Waals surface area contributed by atoms with Crippen molar-refractivity contribution in [2.75, 3.05) is 19.1 Å². The maximum Gasteiger partial charge on any atom is 0.246 e. The molecule has 1 atom stereocenters. The van der Waals surface area contributed by atoms with Crippen molar-refractivity contribution in [3.8, 4) is 0 Å². The van der Waals surface area contributed by atoms with Gasteiger partial charge in [-0.25, -0.2) is 0 Å². The van der Waals surface area contributed by atoms with E-state index >= 15 is 0 Å². The molecule has 1 aliphatic rings. The van der Waals surface area contributed by atoms with Gasteiger partial charge in [0.2, 0.25) is 17.7 Å². The molecule has 0 unspecified atom stereocenters. The average Bonchev–Trinajstić information content (AvgIpc) is 3.23. The van der Waals surface area contributed by atoms with E-state index in [4.69, 9.17) is 4.52 Å². The smallest absolute Gasteiger partial charge is 0.246 e. The molecule has 1 heterocycles. The number of aromatic nitrogens is 2. The van der Waals surface area contributed by atoms with Gasteiger partial charge < -0.3 is 14.7 Å². The van der Waals surface area contributed by atoms with Crippen LogP contribution in [0.25, 0.3) is 0 Å². The van der Waals surface area contributed by atoms with Gasteiger partial charge in [-0.15, -0.1) is 0 Å². The van der Waals surface area contributed by atoms with Gasteiger partial charge in [-0.1, -0.05) is 5.16 Å². The van der Waals surface area contributed by atoms with E-state index < -0.39 is 6.04 Å². The highest BCUT2D eigenvalue weighted by Crippen LogP contribution is 2.38. The summed E-state index contributed by atoms with van der Waals surface area (Å²) in [6.07, 6.45) is 4.78. The van der Waals surface area contributed by atoms with Gasteiger partial charge in [0.1, 0.15) is 6.04 Å². The number of thioether (sulfide) groups is 1. The predicted molar refractivity (Wildman–Crippen MR) is 83.4 cm³/mol. The van der Waals surface area contributed by atoms with Gasteiger partial charge >= 0.3 is 0 Å². The monoisotopic (exact) mass is 326 g/mol. The van der Waals surface area contributed by atoms with E-state index in [1.165, 1.54) is 11.8 Å². The minimum absolute atomic E-state index is 0.143. The second kappa shape index (κ2) is 7.62. The van der Waals surface area contributed by atoms with Crippen LogP contribution in [0.2, 0.25) is 0 Å². The minimum atomic E-state index is -0.513. The lowest BCUT2D eigenvalue weighted by Crippen LogP contribution is -2.46. The molecule has 1 aromatic rings. The summed E-state index contributed by atoms with van der Waals surface area (Å²) in [5.74, 6) is 2.04. The van der Waals surface area contributed by atoms with E-state index in [1.54, 1.807) is 18.8 Å². The summed E-state index contributed by atoms with van der Waals surface area (Å²) in [7, 11) is 1.68. The molecule has 0 bridgehead atoms. The molecule has 1 N–H and O–H groups in total. The Morgan fingerprint density at radius 1 is 1.50 bits per heavy atom. The molecule has 2 amide bonds. The topological polar surface area (TPSA) is 88.3 Å². The van der Waals surface area contributed by atoms with Crippen molar-refractivity contribution >= 4 is 23.6 Å². The van der Waals surface area contributed by atoms with E-state index in [0.29, 0.717) is 18.2 Å². The summed E-state index contributed by atoms with van der Waals surface area (Å²) in [6, 6.07) is -0.513. The van der Waals surface area contributed by atoms with E-state index in [-0.39, 0.29) is 18.4 Å². The molecule has 0 aliphatic heterocycles. The van der Waals surface area contributed by atoms with Crippen LogP contribution < -0.4 is 5.32 Å². The zero-order valence-electron chi connectivity index (χ0n) is 13.2. The molecule has 122 valence electrons. The Balaban J connectivity index is 1.93. The molecule has 7 nitrogen and oxygen atoms in total. The molecule has 0 saturated heterocycles. The van der Waals surface area contributed by atoms with Gasteiger partial charge in [-0.2, -0.15) is 16.7 Å². The fourth-order valence-corrected chi connectivity index (χ4v) is 2.60. The Bertz CT molecular complexity index is 530. The Morgan fingerprint density at radius 2 is 2.23 bits per heavy atom. The number of hydrogen-bond donors (Lipinski definition) is 1. The molecule has 22 heavy (non-hydrogen) atoms. The van der Waals surface area contributed by atoms with Crippen molar-refractivity contribution < 1.29 is 14.1 Å². The van der Waals surface area contributed by atoms with Crippen LogP contribution in [0.5, 0.6) is 0 Å². The molecule has 0 radical (unpaired) electrons. The first kappa shape index (κ1) is 16.8. The van der Waals surface area contributed by atoms with Crippen molar-refractivity contribution in [2.24, 2.45) is 0 Å². The highest BCUT2D eigenvalue weighted by molar-refractivity contribution is 7.98. The molecule has 1 aliphatic carbocycles. The summed E-state index contributed by atoms with van der Waals surface area (Å²) in [6.45, 7) is 1.67. The first-order chi connectivity index (χ1) is 10.5. The van der Waals surface area contributed by atoms with E-state index in [1.807, 2.05) is 6.26 Å². The standard InChI is InChI=1S/C14H22N4O3S/c1-9(19)15-11(6-7-22-3)14(20)18(2)8-12-16-13(17-21-12)10-4-5-10/h10-11H,4-8H2,1-3H3,(H,15,19)/t11-/m0/s1. The predicted octanol–water partition coefficient (Wildman–Crippen LogP) is 1.16. The number of rotatable bonds is 8. The van der Waals surface area contributed by atoms with Crippen LogP contribution in [-0.2, 0) is 16.1 Å². The van der Waals surface area contributed by atoms with Gasteiger partial charge in [-0.05, 0) is 31.3 Å².